The van der Waals surface area contributed by atoms with Crippen LogP contribution in [-0.4, -0.2) is 29.6 Å². The number of benzene rings is 1. The molecular formula is C13H18FNO2. The van der Waals surface area contributed by atoms with Crippen molar-refractivity contribution in [3.63, 3.8) is 0 Å². The summed E-state index contributed by atoms with van der Waals surface area (Å²) in [6.07, 6.45) is 0.982. The fourth-order valence-corrected chi connectivity index (χ4v) is 1.91. The maximum absolute atomic E-state index is 12.8. The smallest absolute Gasteiger partial charge is 0.304 e. The predicted octanol–water partition coefficient (Wildman–Crippen LogP) is 2.68. The van der Waals surface area contributed by atoms with Crippen LogP contribution in [0.15, 0.2) is 24.3 Å². The molecule has 0 bridgehead atoms. The Hall–Kier alpha value is -1.42. The topological polar surface area (TPSA) is 40.5 Å². The number of rotatable bonds is 6. The molecule has 0 heterocycles. The molecule has 0 aromatic heterocycles. The van der Waals surface area contributed by atoms with Gasteiger partial charge in [0.15, 0.2) is 0 Å². The van der Waals surface area contributed by atoms with Crippen molar-refractivity contribution >= 4 is 5.97 Å². The SMILES string of the molecule is CCC(c1ccc(F)cc1)N(C)CCC(=O)O. The van der Waals surface area contributed by atoms with E-state index in [1.54, 1.807) is 12.1 Å². The summed E-state index contributed by atoms with van der Waals surface area (Å²) in [7, 11) is 1.89. The van der Waals surface area contributed by atoms with Crippen LogP contribution in [0.2, 0.25) is 0 Å². The van der Waals surface area contributed by atoms with Gasteiger partial charge in [-0.15, -0.1) is 0 Å². The monoisotopic (exact) mass is 239 g/mol. The minimum Gasteiger partial charge on any atom is -0.481 e. The van der Waals surface area contributed by atoms with Crippen LogP contribution < -0.4 is 0 Å². The van der Waals surface area contributed by atoms with Crippen molar-refractivity contribution < 1.29 is 14.3 Å². The highest BCUT2D eigenvalue weighted by Gasteiger charge is 2.15. The number of hydrogen-bond acceptors (Lipinski definition) is 2. The molecule has 1 unspecified atom stereocenters. The highest BCUT2D eigenvalue weighted by molar-refractivity contribution is 5.66. The van der Waals surface area contributed by atoms with Gasteiger partial charge in [0.25, 0.3) is 0 Å². The van der Waals surface area contributed by atoms with E-state index in [9.17, 15) is 9.18 Å². The molecule has 1 aromatic rings. The summed E-state index contributed by atoms with van der Waals surface area (Å²) in [5.74, 6) is -1.05. The molecule has 3 nitrogen and oxygen atoms in total. The Kier molecular flexibility index (Phi) is 5.10. The van der Waals surface area contributed by atoms with Crippen LogP contribution in [0.5, 0.6) is 0 Å². The minimum atomic E-state index is -0.800. The summed E-state index contributed by atoms with van der Waals surface area (Å²) in [4.78, 5) is 12.5. The van der Waals surface area contributed by atoms with E-state index in [2.05, 4.69) is 0 Å². The van der Waals surface area contributed by atoms with E-state index >= 15 is 0 Å². The fraction of sp³-hybridized carbons (Fsp3) is 0.462. The van der Waals surface area contributed by atoms with Gasteiger partial charge in [-0.2, -0.15) is 0 Å². The minimum absolute atomic E-state index is 0.119. The van der Waals surface area contributed by atoms with Crippen LogP contribution in [0.1, 0.15) is 31.4 Å². The fourth-order valence-electron chi connectivity index (χ4n) is 1.91. The lowest BCUT2D eigenvalue weighted by atomic mass is 10.0. The second-order valence-electron chi connectivity index (χ2n) is 4.10. The first-order valence-electron chi connectivity index (χ1n) is 5.72. The van der Waals surface area contributed by atoms with Crippen LogP contribution in [0, 0.1) is 5.82 Å². The first-order valence-corrected chi connectivity index (χ1v) is 5.72. The number of nitrogens with zero attached hydrogens (tertiary/aromatic N) is 1. The molecule has 0 amide bonds. The molecule has 0 aliphatic carbocycles. The second-order valence-corrected chi connectivity index (χ2v) is 4.10. The highest BCUT2D eigenvalue weighted by Crippen LogP contribution is 2.23. The molecule has 17 heavy (non-hydrogen) atoms. The first kappa shape index (κ1) is 13.6. The quantitative estimate of drug-likeness (QED) is 0.829. The van der Waals surface area contributed by atoms with Crippen molar-refractivity contribution in [3.05, 3.63) is 35.6 Å². The summed E-state index contributed by atoms with van der Waals surface area (Å²) < 4.78 is 12.8. The van der Waals surface area contributed by atoms with Crippen molar-refractivity contribution in [2.75, 3.05) is 13.6 Å². The average molecular weight is 239 g/mol. The third-order valence-electron chi connectivity index (χ3n) is 2.85. The Morgan fingerprint density at radius 2 is 2.00 bits per heavy atom. The molecule has 1 rings (SSSR count). The number of carboxylic acid groups (broad SMARTS) is 1. The number of carboxylic acids is 1. The Morgan fingerprint density at radius 1 is 1.41 bits per heavy atom. The summed E-state index contributed by atoms with van der Waals surface area (Å²) in [6, 6.07) is 6.50. The average Bonchev–Trinajstić information content (AvgIpc) is 2.30. The zero-order chi connectivity index (χ0) is 12.8. The van der Waals surface area contributed by atoms with Gasteiger partial charge in [0, 0.05) is 12.6 Å². The molecule has 0 fully saturated rings. The second kappa shape index (κ2) is 6.35. The molecule has 0 aliphatic rings. The number of halogens is 1. The van der Waals surface area contributed by atoms with E-state index in [1.165, 1.54) is 12.1 Å². The van der Waals surface area contributed by atoms with Crippen molar-refractivity contribution in [2.24, 2.45) is 0 Å². The van der Waals surface area contributed by atoms with Gasteiger partial charge in [-0.3, -0.25) is 9.69 Å². The highest BCUT2D eigenvalue weighted by atomic mass is 19.1. The van der Waals surface area contributed by atoms with E-state index in [4.69, 9.17) is 5.11 Å². The Labute approximate surface area is 101 Å². The molecule has 94 valence electrons. The molecule has 1 aromatic carbocycles. The predicted molar refractivity (Wildman–Crippen MR) is 64.3 cm³/mol. The van der Waals surface area contributed by atoms with E-state index in [1.807, 2.05) is 18.9 Å². The largest absolute Gasteiger partial charge is 0.481 e. The number of aliphatic carboxylic acids is 1. The van der Waals surface area contributed by atoms with Crippen LogP contribution in [-0.2, 0) is 4.79 Å². The van der Waals surface area contributed by atoms with E-state index in [0.29, 0.717) is 6.54 Å². The van der Waals surface area contributed by atoms with Crippen molar-refractivity contribution in [3.8, 4) is 0 Å². The Balaban J connectivity index is 2.69. The van der Waals surface area contributed by atoms with Gasteiger partial charge in [-0.05, 0) is 31.2 Å². The number of hydrogen-bond donors (Lipinski definition) is 1. The van der Waals surface area contributed by atoms with Gasteiger partial charge in [-0.25, -0.2) is 4.39 Å². The van der Waals surface area contributed by atoms with E-state index in [-0.39, 0.29) is 18.3 Å². The lowest BCUT2D eigenvalue weighted by molar-refractivity contribution is -0.137. The summed E-state index contributed by atoms with van der Waals surface area (Å²) in [5.41, 5.74) is 1.02. The van der Waals surface area contributed by atoms with Gasteiger partial charge in [0.2, 0.25) is 0 Å². The summed E-state index contributed by atoms with van der Waals surface area (Å²) in [6.45, 7) is 2.52. The van der Waals surface area contributed by atoms with Gasteiger partial charge < -0.3 is 5.11 Å². The first-order chi connectivity index (χ1) is 8.04. The Morgan fingerprint density at radius 3 is 2.47 bits per heavy atom. The third kappa shape index (κ3) is 4.15. The summed E-state index contributed by atoms with van der Waals surface area (Å²) >= 11 is 0. The Bertz CT molecular complexity index is 364. The van der Waals surface area contributed by atoms with Crippen LogP contribution in [0.25, 0.3) is 0 Å². The summed E-state index contributed by atoms with van der Waals surface area (Å²) in [5, 5.41) is 8.65. The van der Waals surface area contributed by atoms with Gasteiger partial charge in [-0.1, -0.05) is 19.1 Å². The number of carbonyl (C=O) groups is 1. The normalized spacial score (nSPS) is 12.7. The molecule has 0 saturated carbocycles. The lowest BCUT2D eigenvalue weighted by Crippen LogP contribution is -2.26. The lowest BCUT2D eigenvalue weighted by Gasteiger charge is -2.27. The zero-order valence-corrected chi connectivity index (χ0v) is 10.2. The van der Waals surface area contributed by atoms with Crippen molar-refractivity contribution in [1.82, 2.24) is 4.90 Å². The molecule has 0 saturated heterocycles. The van der Waals surface area contributed by atoms with E-state index < -0.39 is 5.97 Å². The van der Waals surface area contributed by atoms with Gasteiger partial charge >= 0.3 is 5.97 Å². The zero-order valence-electron chi connectivity index (χ0n) is 10.2. The maximum Gasteiger partial charge on any atom is 0.304 e. The van der Waals surface area contributed by atoms with E-state index in [0.717, 1.165) is 12.0 Å². The van der Waals surface area contributed by atoms with Crippen LogP contribution in [0.3, 0.4) is 0 Å². The molecule has 0 aliphatic heterocycles. The molecule has 1 atom stereocenters. The van der Waals surface area contributed by atoms with Gasteiger partial charge in [0.05, 0.1) is 6.42 Å². The van der Waals surface area contributed by atoms with Crippen molar-refractivity contribution in [2.45, 2.75) is 25.8 Å². The molecule has 4 heteroatoms. The molecule has 0 radical (unpaired) electrons. The standard InChI is InChI=1S/C13H18FNO2/c1-3-12(15(2)9-8-13(16)17)10-4-6-11(14)7-5-10/h4-7,12H,3,8-9H2,1-2H3,(H,16,17). The molecule has 0 spiro atoms. The van der Waals surface area contributed by atoms with Gasteiger partial charge in [0.1, 0.15) is 5.82 Å². The maximum atomic E-state index is 12.8. The molecule has 1 N–H and O–H groups in total. The molecular weight excluding hydrogens is 221 g/mol. The van der Waals surface area contributed by atoms with Crippen LogP contribution in [0.4, 0.5) is 4.39 Å². The van der Waals surface area contributed by atoms with Crippen molar-refractivity contribution in [1.29, 1.82) is 0 Å². The third-order valence-corrected chi connectivity index (χ3v) is 2.85. The van der Waals surface area contributed by atoms with Crippen LogP contribution >= 0.6 is 0 Å².